The number of rotatable bonds is 6. The van der Waals surface area contributed by atoms with E-state index in [1.165, 1.54) is 50.6 Å². The summed E-state index contributed by atoms with van der Waals surface area (Å²) in [5.41, 5.74) is 1.92. The minimum atomic E-state index is 0.542. The van der Waals surface area contributed by atoms with Crippen molar-refractivity contribution in [1.29, 1.82) is 0 Å². The maximum atomic E-state index is 4.26. The lowest BCUT2D eigenvalue weighted by molar-refractivity contribution is 0.250. The van der Waals surface area contributed by atoms with Crippen LogP contribution in [0.2, 0.25) is 0 Å². The van der Waals surface area contributed by atoms with Gasteiger partial charge in [-0.3, -0.25) is 4.68 Å². The first-order valence-electron chi connectivity index (χ1n) is 7.31. The average molecular weight is 249 g/mol. The highest BCUT2D eigenvalue weighted by atomic mass is 15.2. The maximum absolute atomic E-state index is 4.26. The van der Waals surface area contributed by atoms with Crippen LogP contribution < -0.4 is 5.32 Å². The first kappa shape index (κ1) is 13.6. The highest BCUT2D eigenvalue weighted by Crippen LogP contribution is 2.41. The van der Waals surface area contributed by atoms with Gasteiger partial charge in [0.1, 0.15) is 0 Å². The van der Waals surface area contributed by atoms with E-state index >= 15 is 0 Å². The number of hydrogen-bond acceptors (Lipinski definition) is 2. The summed E-state index contributed by atoms with van der Waals surface area (Å²) in [6.45, 7) is 5.67. The van der Waals surface area contributed by atoms with Crippen LogP contribution in [0.3, 0.4) is 0 Å². The van der Waals surface area contributed by atoms with E-state index in [4.69, 9.17) is 0 Å². The van der Waals surface area contributed by atoms with E-state index in [9.17, 15) is 0 Å². The Hall–Kier alpha value is -0.830. The molecule has 1 saturated carbocycles. The molecule has 3 heteroatoms. The molecular weight excluding hydrogens is 222 g/mol. The second kappa shape index (κ2) is 5.87. The van der Waals surface area contributed by atoms with Crippen molar-refractivity contribution in [2.24, 2.45) is 12.5 Å². The number of nitrogens with zero attached hydrogens (tertiary/aromatic N) is 2. The lowest BCUT2D eigenvalue weighted by atomic mass is 9.80. The molecule has 0 aliphatic heterocycles. The summed E-state index contributed by atoms with van der Waals surface area (Å²) in [7, 11) is 2.00. The molecule has 1 N–H and O–H groups in total. The number of nitrogens with one attached hydrogen (secondary N) is 1. The van der Waals surface area contributed by atoms with Crippen LogP contribution in [0, 0.1) is 5.41 Å². The van der Waals surface area contributed by atoms with Gasteiger partial charge in [0.25, 0.3) is 0 Å². The minimum Gasteiger partial charge on any atom is -0.314 e. The summed E-state index contributed by atoms with van der Waals surface area (Å²) in [6.07, 6.45) is 12.3. The molecule has 0 bridgehead atoms. The van der Waals surface area contributed by atoms with Crippen molar-refractivity contribution in [2.75, 3.05) is 6.54 Å². The van der Waals surface area contributed by atoms with Gasteiger partial charge in [-0.15, -0.1) is 0 Å². The van der Waals surface area contributed by atoms with Gasteiger partial charge >= 0.3 is 0 Å². The van der Waals surface area contributed by atoms with E-state index in [1.54, 1.807) is 0 Å². The Morgan fingerprint density at radius 3 is 2.67 bits per heavy atom. The number of aryl methyl sites for hydroxylation is 2. The molecular formula is C15H27N3. The molecule has 102 valence electrons. The molecule has 0 radical (unpaired) electrons. The zero-order valence-corrected chi connectivity index (χ0v) is 12.1. The van der Waals surface area contributed by atoms with Gasteiger partial charge in [-0.25, -0.2) is 0 Å². The van der Waals surface area contributed by atoms with E-state index < -0.39 is 0 Å². The van der Waals surface area contributed by atoms with E-state index in [-0.39, 0.29) is 0 Å². The second-order valence-corrected chi connectivity index (χ2v) is 6.26. The molecule has 0 amide bonds. The van der Waals surface area contributed by atoms with E-state index in [1.807, 2.05) is 17.9 Å². The van der Waals surface area contributed by atoms with Gasteiger partial charge < -0.3 is 5.32 Å². The standard InChI is InChI=1S/C15H27N3/c1-13(2)16-12-15(7-4-5-8-15)9-6-14-10-17-18(3)11-14/h10-11,13,16H,4-9,12H2,1-3H3. The van der Waals surface area contributed by atoms with E-state index in [0.29, 0.717) is 11.5 Å². The molecule has 1 aromatic rings. The van der Waals surface area contributed by atoms with Gasteiger partial charge in [0.2, 0.25) is 0 Å². The molecule has 0 aromatic carbocycles. The van der Waals surface area contributed by atoms with Crippen LogP contribution in [0.15, 0.2) is 12.4 Å². The Morgan fingerprint density at radius 1 is 1.39 bits per heavy atom. The largest absolute Gasteiger partial charge is 0.314 e. The Balaban J connectivity index is 1.89. The summed E-state index contributed by atoms with van der Waals surface area (Å²) in [5, 5.41) is 7.91. The quantitative estimate of drug-likeness (QED) is 0.840. The highest BCUT2D eigenvalue weighted by molar-refractivity contribution is 5.05. The lowest BCUT2D eigenvalue weighted by Gasteiger charge is -2.30. The van der Waals surface area contributed by atoms with Crippen molar-refractivity contribution >= 4 is 0 Å². The third-order valence-electron chi connectivity index (χ3n) is 4.25. The summed E-state index contributed by atoms with van der Waals surface area (Å²) in [6, 6.07) is 0.598. The molecule has 0 atom stereocenters. The zero-order valence-electron chi connectivity index (χ0n) is 12.1. The highest BCUT2D eigenvalue weighted by Gasteiger charge is 2.33. The summed E-state index contributed by atoms with van der Waals surface area (Å²) in [4.78, 5) is 0. The molecule has 0 unspecified atom stereocenters. The molecule has 18 heavy (non-hydrogen) atoms. The molecule has 3 nitrogen and oxygen atoms in total. The fourth-order valence-electron chi connectivity index (χ4n) is 3.07. The third kappa shape index (κ3) is 3.58. The van der Waals surface area contributed by atoms with E-state index in [2.05, 4.69) is 30.5 Å². The van der Waals surface area contributed by atoms with Crippen LogP contribution in [0.4, 0.5) is 0 Å². The molecule has 0 spiro atoms. The topological polar surface area (TPSA) is 29.9 Å². The average Bonchev–Trinajstić information content (AvgIpc) is 2.94. The SMILES string of the molecule is CC(C)NCC1(CCc2cnn(C)c2)CCCC1. The summed E-state index contributed by atoms with van der Waals surface area (Å²) in [5.74, 6) is 0. The van der Waals surface area contributed by atoms with Gasteiger partial charge in [-0.1, -0.05) is 26.7 Å². The predicted octanol–water partition coefficient (Wildman–Crippen LogP) is 2.91. The second-order valence-electron chi connectivity index (χ2n) is 6.26. The fourth-order valence-corrected chi connectivity index (χ4v) is 3.07. The molecule has 1 aliphatic rings. The molecule has 1 heterocycles. The normalized spacial score (nSPS) is 18.7. The molecule has 1 aliphatic carbocycles. The van der Waals surface area contributed by atoms with Gasteiger partial charge in [0.15, 0.2) is 0 Å². The van der Waals surface area contributed by atoms with Crippen LogP contribution in [0.5, 0.6) is 0 Å². The third-order valence-corrected chi connectivity index (χ3v) is 4.25. The van der Waals surface area contributed by atoms with E-state index in [0.717, 1.165) is 0 Å². The fraction of sp³-hybridized carbons (Fsp3) is 0.800. The van der Waals surface area contributed by atoms with Crippen LogP contribution in [0.25, 0.3) is 0 Å². The van der Waals surface area contributed by atoms with Gasteiger partial charge in [0, 0.05) is 25.8 Å². The smallest absolute Gasteiger partial charge is 0.0521 e. The Morgan fingerprint density at radius 2 is 2.11 bits per heavy atom. The summed E-state index contributed by atoms with van der Waals surface area (Å²) < 4.78 is 1.91. The van der Waals surface area contributed by atoms with Gasteiger partial charge in [-0.05, 0) is 36.7 Å². The Kier molecular flexibility index (Phi) is 4.44. The Labute approximate surface area is 111 Å². The minimum absolute atomic E-state index is 0.542. The molecule has 1 fully saturated rings. The van der Waals surface area contributed by atoms with Crippen molar-refractivity contribution in [3.05, 3.63) is 18.0 Å². The van der Waals surface area contributed by atoms with Crippen molar-refractivity contribution in [2.45, 2.75) is 58.4 Å². The lowest BCUT2D eigenvalue weighted by Crippen LogP contribution is -2.36. The Bertz CT molecular complexity index is 362. The maximum Gasteiger partial charge on any atom is 0.0521 e. The van der Waals surface area contributed by atoms with Crippen LogP contribution in [-0.4, -0.2) is 22.4 Å². The van der Waals surface area contributed by atoms with Crippen molar-refractivity contribution in [1.82, 2.24) is 15.1 Å². The van der Waals surface area contributed by atoms with Crippen molar-refractivity contribution < 1.29 is 0 Å². The van der Waals surface area contributed by atoms with Crippen LogP contribution >= 0.6 is 0 Å². The van der Waals surface area contributed by atoms with Crippen molar-refractivity contribution in [3.63, 3.8) is 0 Å². The first-order valence-corrected chi connectivity index (χ1v) is 7.31. The molecule has 0 saturated heterocycles. The monoisotopic (exact) mass is 249 g/mol. The van der Waals surface area contributed by atoms with Crippen LogP contribution in [0.1, 0.15) is 51.5 Å². The van der Waals surface area contributed by atoms with Gasteiger partial charge in [0.05, 0.1) is 6.20 Å². The number of aromatic nitrogens is 2. The first-order chi connectivity index (χ1) is 8.60. The molecule has 2 rings (SSSR count). The zero-order chi connectivity index (χ0) is 13.0. The van der Waals surface area contributed by atoms with Gasteiger partial charge in [-0.2, -0.15) is 5.10 Å². The van der Waals surface area contributed by atoms with Crippen LogP contribution in [-0.2, 0) is 13.5 Å². The van der Waals surface area contributed by atoms with Crippen molar-refractivity contribution in [3.8, 4) is 0 Å². The summed E-state index contributed by atoms with van der Waals surface area (Å²) >= 11 is 0. The predicted molar refractivity (Wildman–Crippen MR) is 75.6 cm³/mol. The molecule has 1 aromatic heterocycles. The number of hydrogen-bond donors (Lipinski definition) is 1.